The van der Waals surface area contributed by atoms with Crippen LogP contribution in [0.3, 0.4) is 0 Å². The Balaban J connectivity index is 1.27. The normalized spacial score (nSPS) is 21.3. The fourth-order valence-corrected chi connectivity index (χ4v) is 9.46. The molecule has 16 heteroatoms. The number of nitrogens with one attached hydrogen (secondary N) is 2. The first-order valence-electron chi connectivity index (χ1n) is 22.4. The van der Waals surface area contributed by atoms with Crippen LogP contribution >= 0.6 is 0 Å². The first-order valence-corrected chi connectivity index (χ1v) is 22.4. The van der Waals surface area contributed by atoms with Crippen LogP contribution in [-0.2, 0) is 52.8 Å². The quantitative estimate of drug-likeness (QED) is 0.157. The standard InChI is InChI=1S/C48H62N8O8/c1-10-40(57)54-21-18-31(26-54)45(59)53(8)42(28(3)4)44(58)51-36-23-39-50-25-38(64-39)30-16-17-37-33(22-30)34(43(55(37)11-2)32-14-12-19-49-41(32)29(5)62-9)24-48(6,7)27-63-47(61)35-15-13-20-56(52-35)46(36)60/h10,12,14,16-17,19,22,25,28-29,31,35-36,42,52H,1,11,13,15,18,20-21,23-24,26-27H2,2-9H3,(H,51,58)/t29-,31-,35-,36-,42-/m0/s1. The number of carbonyl (C=O) groups excluding carboxylic acids is 5. The zero-order chi connectivity index (χ0) is 46.0. The molecule has 0 spiro atoms. The summed E-state index contributed by atoms with van der Waals surface area (Å²) in [6, 6.07) is 7.21. The number of cyclic esters (lactones) is 1. The summed E-state index contributed by atoms with van der Waals surface area (Å²) in [7, 11) is 3.25. The lowest BCUT2D eigenvalue weighted by molar-refractivity contribution is -0.155. The predicted molar refractivity (Wildman–Crippen MR) is 240 cm³/mol. The van der Waals surface area contributed by atoms with E-state index in [2.05, 4.69) is 65.8 Å². The number of pyridine rings is 1. The smallest absolute Gasteiger partial charge is 0.324 e. The van der Waals surface area contributed by atoms with E-state index in [9.17, 15) is 24.0 Å². The van der Waals surface area contributed by atoms with Gasteiger partial charge >= 0.3 is 5.97 Å². The van der Waals surface area contributed by atoms with Gasteiger partial charge in [-0.2, -0.15) is 0 Å². The molecule has 64 heavy (non-hydrogen) atoms. The number of oxazole rings is 1. The second-order valence-electron chi connectivity index (χ2n) is 18.4. The van der Waals surface area contributed by atoms with Gasteiger partial charge in [0.15, 0.2) is 11.7 Å². The van der Waals surface area contributed by atoms with E-state index in [0.29, 0.717) is 44.5 Å². The lowest BCUT2D eigenvalue weighted by Crippen LogP contribution is -2.62. The van der Waals surface area contributed by atoms with E-state index in [-0.39, 0.29) is 55.8 Å². The first kappa shape index (κ1) is 46.1. The van der Waals surface area contributed by atoms with Crippen LogP contribution in [0, 0.1) is 17.3 Å². The van der Waals surface area contributed by atoms with Crippen molar-refractivity contribution in [3.63, 3.8) is 0 Å². The summed E-state index contributed by atoms with van der Waals surface area (Å²) >= 11 is 0. The van der Waals surface area contributed by atoms with E-state index in [1.807, 2.05) is 32.9 Å². The molecule has 1 aromatic carbocycles. The first-order chi connectivity index (χ1) is 30.5. The summed E-state index contributed by atoms with van der Waals surface area (Å²) in [5.74, 6) is -2.14. The van der Waals surface area contributed by atoms with Gasteiger partial charge in [-0.3, -0.25) is 34.0 Å². The lowest BCUT2D eigenvalue weighted by atomic mass is 9.84. The number of amides is 4. The number of hydrogen-bond donors (Lipinski definition) is 2. The number of aromatic nitrogens is 3. The Bertz CT molecular complexity index is 2420. The van der Waals surface area contributed by atoms with E-state index in [1.54, 1.807) is 31.5 Å². The molecule has 6 heterocycles. The fourth-order valence-electron chi connectivity index (χ4n) is 9.46. The van der Waals surface area contributed by atoms with Crippen LogP contribution in [0.4, 0.5) is 0 Å². The molecule has 0 unspecified atom stereocenters. The van der Waals surface area contributed by atoms with Gasteiger partial charge in [0.2, 0.25) is 17.7 Å². The molecule has 4 aromatic rings. The number of carbonyl (C=O) groups is 5. The average molecular weight is 879 g/mol. The zero-order valence-electron chi connectivity index (χ0n) is 38.3. The van der Waals surface area contributed by atoms with Gasteiger partial charge in [-0.25, -0.2) is 10.4 Å². The Labute approximate surface area is 374 Å². The minimum absolute atomic E-state index is 0.110. The van der Waals surface area contributed by atoms with Crippen molar-refractivity contribution in [3.05, 3.63) is 72.5 Å². The molecule has 7 rings (SSSR count). The molecule has 342 valence electrons. The number of benzene rings is 1. The second kappa shape index (κ2) is 19.1. The Morgan fingerprint density at radius 3 is 2.62 bits per heavy atom. The SMILES string of the molecule is C=CC(=O)N1CC[C@H](C(=O)N(C)[C@H](C(=O)N[C@H]2Cc3ncc(o3)-c3ccc4c(c3)c(c(-c3cccnc3[C@H](C)OC)n4CC)CC(C)(C)COC(=O)[C@@H]3CCCN(N3)C2=O)C(C)C)C1. The monoisotopic (exact) mass is 878 g/mol. The number of hydrogen-bond acceptors (Lipinski definition) is 11. The van der Waals surface area contributed by atoms with Gasteiger partial charge in [-0.15, -0.1) is 0 Å². The highest BCUT2D eigenvalue weighted by Gasteiger charge is 2.40. The molecule has 3 aromatic heterocycles. The van der Waals surface area contributed by atoms with Crippen LogP contribution in [0.15, 0.2) is 59.8 Å². The zero-order valence-corrected chi connectivity index (χ0v) is 38.3. The van der Waals surface area contributed by atoms with Gasteiger partial charge in [0.1, 0.15) is 18.1 Å². The summed E-state index contributed by atoms with van der Waals surface area (Å²) in [6.45, 7) is 17.2. The topological polar surface area (TPSA) is 181 Å². The molecular formula is C48H62N8O8. The molecule has 2 fully saturated rings. The average Bonchev–Trinajstić information content (AvgIpc) is 4.05. The third-order valence-corrected chi connectivity index (χ3v) is 12.8. The van der Waals surface area contributed by atoms with E-state index in [0.717, 1.165) is 39.0 Å². The van der Waals surface area contributed by atoms with E-state index in [1.165, 1.54) is 16.0 Å². The van der Waals surface area contributed by atoms with Crippen molar-refractivity contribution < 1.29 is 37.9 Å². The predicted octanol–water partition coefficient (Wildman–Crippen LogP) is 5.25. The maximum atomic E-state index is 14.5. The summed E-state index contributed by atoms with van der Waals surface area (Å²) < 4.78 is 20.6. The van der Waals surface area contributed by atoms with Gasteiger partial charge in [-0.05, 0) is 87.4 Å². The Morgan fingerprint density at radius 2 is 1.91 bits per heavy atom. The lowest BCUT2D eigenvalue weighted by Gasteiger charge is -2.36. The van der Waals surface area contributed by atoms with Crippen molar-refractivity contribution in [2.24, 2.45) is 17.3 Å². The summed E-state index contributed by atoms with van der Waals surface area (Å²) in [6.07, 6.45) is 6.22. The molecule has 2 saturated heterocycles. The molecule has 0 radical (unpaired) electrons. The summed E-state index contributed by atoms with van der Waals surface area (Å²) in [5.41, 5.74) is 8.18. The molecule has 3 aliphatic rings. The van der Waals surface area contributed by atoms with Crippen molar-refractivity contribution in [2.45, 2.75) is 104 Å². The molecule has 0 aliphatic carbocycles. The maximum Gasteiger partial charge on any atom is 0.324 e. The molecule has 6 bridgehead atoms. The van der Waals surface area contributed by atoms with Gasteiger partial charge in [0.05, 0.1) is 42.6 Å². The van der Waals surface area contributed by atoms with Gasteiger partial charge in [0.25, 0.3) is 5.91 Å². The highest BCUT2D eigenvalue weighted by atomic mass is 16.5. The molecule has 3 aliphatic heterocycles. The van der Waals surface area contributed by atoms with E-state index >= 15 is 0 Å². The minimum atomic E-state index is -1.19. The maximum absolute atomic E-state index is 14.5. The van der Waals surface area contributed by atoms with Gasteiger partial charge in [0, 0.05) is 74.0 Å². The Hall–Kier alpha value is -5.87. The number of hydrazine groups is 1. The number of nitrogens with zero attached hydrogens (tertiary/aromatic N) is 6. The number of aryl methyl sites for hydroxylation is 1. The van der Waals surface area contributed by atoms with Crippen LogP contribution in [0.2, 0.25) is 0 Å². The van der Waals surface area contributed by atoms with E-state index in [4.69, 9.17) is 18.9 Å². The highest BCUT2D eigenvalue weighted by molar-refractivity contribution is 5.96. The van der Waals surface area contributed by atoms with Crippen LogP contribution in [0.25, 0.3) is 33.5 Å². The number of methoxy groups -OCH3 is 1. The van der Waals surface area contributed by atoms with Crippen molar-refractivity contribution >= 4 is 40.5 Å². The highest BCUT2D eigenvalue weighted by Crippen LogP contribution is 2.42. The molecule has 0 saturated carbocycles. The summed E-state index contributed by atoms with van der Waals surface area (Å²) in [5, 5.41) is 5.31. The Morgan fingerprint density at radius 1 is 1.12 bits per heavy atom. The van der Waals surface area contributed by atoms with Crippen molar-refractivity contribution in [1.29, 1.82) is 0 Å². The third kappa shape index (κ3) is 9.34. The number of likely N-dealkylation sites (N-methyl/N-ethyl adjacent to an activating group) is 1. The molecule has 16 nitrogen and oxygen atoms in total. The number of fused-ring (bicyclic) bond motifs is 6. The third-order valence-electron chi connectivity index (χ3n) is 12.8. The largest absolute Gasteiger partial charge is 0.464 e. The van der Waals surface area contributed by atoms with Gasteiger partial charge < -0.3 is 33.6 Å². The van der Waals surface area contributed by atoms with Crippen LogP contribution in [0.5, 0.6) is 0 Å². The summed E-state index contributed by atoms with van der Waals surface area (Å²) in [4.78, 5) is 81.3. The molecule has 4 amide bonds. The Kier molecular flexibility index (Phi) is 13.8. The molecular weight excluding hydrogens is 817 g/mol. The van der Waals surface area contributed by atoms with Gasteiger partial charge in [-0.1, -0.05) is 34.3 Å². The van der Waals surface area contributed by atoms with Crippen molar-refractivity contribution in [2.75, 3.05) is 40.4 Å². The molecule has 2 N–H and O–H groups in total. The molecule has 5 atom stereocenters. The number of likely N-dealkylation sites (tertiary alicyclic amines) is 1. The number of rotatable bonds is 10. The van der Waals surface area contributed by atoms with Crippen molar-refractivity contribution in [3.8, 4) is 22.6 Å². The van der Waals surface area contributed by atoms with Crippen LogP contribution in [0.1, 0.15) is 84.1 Å². The second-order valence-corrected chi connectivity index (χ2v) is 18.4. The van der Waals surface area contributed by atoms with Crippen LogP contribution < -0.4 is 10.7 Å². The number of ether oxygens (including phenoxy) is 2. The number of esters is 1. The van der Waals surface area contributed by atoms with E-state index < -0.39 is 47.2 Å². The van der Waals surface area contributed by atoms with Crippen molar-refractivity contribution in [1.82, 2.24) is 40.1 Å². The fraction of sp³-hybridized carbons (Fsp3) is 0.521. The van der Waals surface area contributed by atoms with Crippen LogP contribution in [-0.4, -0.2) is 117 Å². The minimum Gasteiger partial charge on any atom is -0.464 e.